The van der Waals surface area contributed by atoms with Crippen LogP contribution in [-0.4, -0.2) is 37.7 Å². The van der Waals surface area contributed by atoms with Gasteiger partial charge in [-0.1, -0.05) is 26.3 Å². The lowest BCUT2D eigenvalue weighted by molar-refractivity contribution is 0.115. The number of methoxy groups -OCH3 is 1. The van der Waals surface area contributed by atoms with Crippen molar-refractivity contribution in [2.24, 2.45) is 5.92 Å². The van der Waals surface area contributed by atoms with E-state index in [1.54, 1.807) is 7.11 Å². The van der Waals surface area contributed by atoms with Crippen LogP contribution in [-0.2, 0) is 0 Å². The number of hydrogen-bond donors (Lipinski definition) is 0. The smallest absolute Gasteiger partial charge is 0.126 e. The second-order valence-corrected chi connectivity index (χ2v) is 6.72. The average Bonchev–Trinajstić information content (AvgIpc) is 2.53. The van der Waals surface area contributed by atoms with Crippen molar-refractivity contribution in [1.29, 1.82) is 0 Å². The number of aryl methyl sites for hydroxylation is 1. The van der Waals surface area contributed by atoms with E-state index in [1.807, 2.05) is 12.1 Å². The van der Waals surface area contributed by atoms with Crippen molar-refractivity contribution in [2.45, 2.75) is 52.6 Å². The van der Waals surface area contributed by atoms with Crippen LogP contribution >= 0.6 is 0 Å². The van der Waals surface area contributed by atoms with Crippen LogP contribution in [0.15, 0.2) is 18.2 Å². The monoisotopic (exact) mass is 305 g/mol. The molecule has 0 amide bonds. The van der Waals surface area contributed by atoms with E-state index < -0.39 is 0 Å². The molecule has 0 N–H and O–H groups in total. The molecule has 22 heavy (non-hydrogen) atoms. The molecule has 0 saturated carbocycles. The van der Waals surface area contributed by atoms with Crippen molar-refractivity contribution >= 4 is 0 Å². The molecule has 1 heterocycles. The molecule has 3 heteroatoms. The summed E-state index contributed by atoms with van der Waals surface area (Å²) in [5, 5.41) is 0. The van der Waals surface area contributed by atoms with Gasteiger partial charge in [0.2, 0.25) is 0 Å². The summed E-state index contributed by atoms with van der Waals surface area (Å²) < 4.78 is 11.7. The first-order valence-electron chi connectivity index (χ1n) is 8.64. The van der Waals surface area contributed by atoms with Crippen molar-refractivity contribution in [3.63, 3.8) is 0 Å². The van der Waals surface area contributed by atoms with Crippen molar-refractivity contribution in [3.8, 4) is 11.5 Å². The molecule has 1 fully saturated rings. The van der Waals surface area contributed by atoms with E-state index in [9.17, 15) is 0 Å². The molecule has 1 saturated heterocycles. The number of hydrogen-bond acceptors (Lipinski definition) is 3. The van der Waals surface area contributed by atoms with Crippen LogP contribution in [0, 0.1) is 12.8 Å². The summed E-state index contributed by atoms with van der Waals surface area (Å²) in [6.07, 6.45) is 5.44. The summed E-state index contributed by atoms with van der Waals surface area (Å²) in [6.45, 7) is 10.2. The van der Waals surface area contributed by atoms with Gasteiger partial charge in [0, 0.05) is 12.6 Å². The minimum atomic E-state index is 0.257. The fourth-order valence-corrected chi connectivity index (χ4v) is 3.02. The molecule has 3 nitrogen and oxygen atoms in total. The highest BCUT2D eigenvalue weighted by atomic mass is 16.5. The average molecular weight is 305 g/mol. The Balaban J connectivity index is 1.96. The Morgan fingerprint density at radius 2 is 1.86 bits per heavy atom. The summed E-state index contributed by atoms with van der Waals surface area (Å²) in [6, 6.07) is 6.06. The van der Waals surface area contributed by atoms with Gasteiger partial charge < -0.3 is 14.4 Å². The van der Waals surface area contributed by atoms with Gasteiger partial charge in [0.1, 0.15) is 17.6 Å². The number of ether oxygens (including phenoxy) is 2. The second kappa shape index (κ2) is 8.42. The van der Waals surface area contributed by atoms with E-state index in [4.69, 9.17) is 9.47 Å². The van der Waals surface area contributed by atoms with E-state index in [0.29, 0.717) is 5.92 Å². The van der Waals surface area contributed by atoms with Gasteiger partial charge >= 0.3 is 0 Å². The Kier molecular flexibility index (Phi) is 6.56. The molecule has 2 rings (SSSR count). The predicted octanol–water partition coefficient (Wildman–Crippen LogP) is 4.28. The SMILES string of the molecule is COc1ccc(C)c(OC(CCN2CCCCC2)C(C)C)c1. The Labute approximate surface area is 135 Å². The molecule has 0 radical (unpaired) electrons. The number of nitrogens with zero attached hydrogens (tertiary/aromatic N) is 1. The first-order valence-corrected chi connectivity index (χ1v) is 8.64. The fraction of sp³-hybridized carbons (Fsp3) is 0.684. The van der Waals surface area contributed by atoms with Gasteiger partial charge in [-0.05, 0) is 56.8 Å². The van der Waals surface area contributed by atoms with Crippen molar-refractivity contribution in [1.82, 2.24) is 4.90 Å². The number of piperidine rings is 1. The maximum Gasteiger partial charge on any atom is 0.126 e. The van der Waals surface area contributed by atoms with E-state index in [2.05, 4.69) is 31.7 Å². The molecule has 1 unspecified atom stereocenters. The molecule has 0 bridgehead atoms. The van der Waals surface area contributed by atoms with Gasteiger partial charge in [-0.15, -0.1) is 0 Å². The van der Waals surface area contributed by atoms with Gasteiger partial charge in [0.25, 0.3) is 0 Å². The molecule has 124 valence electrons. The first kappa shape index (κ1) is 17.1. The van der Waals surface area contributed by atoms with Gasteiger partial charge in [-0.25, -0.2) is 0 Å². The lowest BCUT2D eigenvalue weighted by Crippen LogP contribution is -2.35. The van der Waals surface area contributed by atoms with Crippen LogP contribution in [0.5, 0.6) is 11.5 Å². The zero-order valence-corrected chi connectivity index (χ0v) is 14.6. The van der Waals surface area contributed by atoms with E-state index >= 15 is 0 Å². The summed E-state index contributed by atoms with van der Waals surface area (Å²) in [5.41, 5.74) is 1.17. The van der Waals surface area contributed by atoms with Crippen molar-refractivity contribution in [3.05, 3.63) is 23.8 Å². The molecule has 1 atom stereocenters. The highest BCUT2D eigenvalue weighted by Gasteiger charge is 2.19. The Bertz CT molecular complexity index is 453. The Morgan fingerprint density at radius 3 is 2.50 bits per heavy atom. The normalized spacial score (nSPS) is 17.5. The minimum Gasteiger partial charge on any atom is -0.497 e. The second-order valence-electron chi connectivity index (χ2n) is 6.72. The van der Waals surface area contributed by atoms with Gasteiger partial charge in [0.05, 0.1) is 7.11 Å². The van der Waals surface area contributed by atoms with Crippen LogP contribution in [0.25, 0.3) is 0 Å². The van der Waals surface area contributed by atoms with Gasteiger partial charge in [-0.2, -0.15) is 0 Å². The molecule has 1 aliphatic rings. The maximum absolute atomic E-state index is 6.33. The first-order chi connectivity index (χ1) is 10.6. The summed E-state index contributed by atoms with van der Waals surface area (Å²) in [7, 11) is 1.70. The number of rotatable bonds is 7. The lowest BCUT2D eigenvalue weighted by Gasteiger charge is -2.30. The van der Waals surface area contributed by atoms with Crippen molar-refractivity contribution < 1.29 is 9.47 Å². The van der Waals surface area contributed by atoms with Crippen LogP contribution in [0.3, 0.4) is 0 Å². The van der Waals surface area contributed by atoms with Gasteiger partial charge in [-0.3, -0.25) is 0 Å². The molecule has 1 aromatic rings. The third-order valence-corrected chi connectivity index (χ3v) is 4.60. The lowest BCUT2D eigenvalue weighted by atomic mass is 10.0. The third kappa shape index (κ3) is 4.91. The minimum absolute atomic E-state index is 0.257. The largest absolute Gasteiger partial charge is 0.497 e. The molecule has 0 spiro atoms. The molecule has 1 aliphatic heterocycles. The Hall–Kier alpha value is -1.22. The van der Waals surface area contributed by atoms with Crippen LogP contribution in [0.4, 0.5) is 0 Å². The third-order valence-electron chi connectivity index (χ3n) is 4.60. The maximum atomic E-state index is 6.33. The van der Waals surface area contributed by atoms with E-state index in [0.717, 1.165) is 24.5 Å². The Morgan fingerprint density at radius 1 is 1.14 bits per heavy atom. The highest BCUT2D eigenvalue weighted by molar-refractivity contribution is 5.40. The number of benzene rings is 1. The summed E-state index contributed by atoms with van der Waals surface area (Å²) in [5.74, 6) is 2.33. The summed E-state index contributed by atoms with van der Waals surface area (Å²) in [4.78, 5) is 2.58. The zero-order chi connectivity index (χ0) is 15.9. The zero-order valence-electron chi connectivity index (χ0n) is 14.6. The molecule has 0 aromatic heterocycles. The van der Waals surface area contributed by atoms with Crippen LogP contribution in [0.1, 0.15) is 45.1 Å². The van der Waals surface area contributed by atoms with E-state index in [-0.39, 0.29) is 6.10 Å². The highest BCUT2D eigenvalue weighted by Crippen LogP contribution is 2.27. The molecular weight excluding hydrogens is 274 g/mol. The molecule has 1 aromatic carbocycles. The standard InChI is InChI=1S/C19H31NO2/c1-15(2)18(10-13-20-11-6-5-7-12-20)22-19-14-17(21-4)9-8-16(19)3/h8-9,14-15,18H,5-7,10-13H2,1-4H3. The molecular formula is C19H31NO2. The predicted molar refractivity (Wildman–Crippen MR) is 91.9 cm³/mol. The van der Waals surface area contributed by atoms with Crippen molar-refractivity contribution in [2.75, 3.05) is 26.7 Å². The topological polar surface area (TPSA) is 21.7 Å². The van der Waals surface area contributed by atoms with Crippen LogP contribution in [0.2, 0.25) is 0 Å². The number of likely N-dealkylation sites (tertiary alicyclic amines) is 1. The quantitative estimate of drug-likeness (QED) is 0.750. The van der Waals surface area contributed by atoms with Gasteiger partial charge in [0.15, 0.2) is 0 Å². The van der Waals surface area contributed by atoms with Crippen LogP contribution < -0.4 is 9.47 Å². The summed E-state index contributed by atoms with van der Waals surface area (Å²) >= 11 is 0. The molecule has 0 aliphatic carbocycles. The van der Waals surface area contributed by atoms with E-state index in [1.165, 1.54) is 37.9 Å². The fourth-order valence-electron chi connectivity index (χ4n) is 3.02.